The molecule has 1 heterocycles. The molecule has 11 aromatic carbocycles. The van der Waals surface area contributed by atoms with E-state index in [1.165, 1.54) is 83.0 Å². The maximum Gasteiger partial charge on any atom is 0.0755 e. The summed E-state index contributed by atoms with van der Waals surface area (Å²) in [5, 5.41) is 4.88. The number of nitrogens with zero attached hydrogens (tertiary/aromatic N) is 2. The first-order valence-electron chi connectivity index (χ1n) is 22.5. The van der Waals surface area contributed by atoms with Crippen molar-refractivity contribution in [3.05, 3.63) is 277 Å². The van der Waals surface area contributed by atoms with Gasteiger partial charge in [0.25, 0.3) is 0 Å². The molecular formula is C63H42N2. The second kappa shape index (κ2) is 14.8. The molecule has 0 saturated carbocycles. The van der Waals surface area contributed by atoms with E-state index in [0.717, 1.165) is 28.3 Å². The predicted octanol–water partition coefficient (Wildman–Crippen LogP) is 16.9. The van der Waals surface area contributed by atoms with Crippen molar-refractivity contribution in [2.45, 2.75) is 5.41 Å². The molecule has 0 saturated heterocycles. The van der Waals surface area contributed by atoms with Crippen LogP contribution >= 0.6 is 0 Å². The van der Waals surface area contributed by atoms with Gasteiger partial charge in [-0.3, -0.25) is 0 Å². The average molecular weight is 827 g/mol. The summed E-state index contributed by atoms with van der Waals surface area (Å²) in [4.78, 5) is 4.99. The van der Waals surface area contributed by atoms with E-state index in [1.807, 2.05) is 0 Å². The highest BCUT2D eigenvalue weighted by molar-refractivity contribution is 6.15. The van der Waals surface area contributed by atoms with E-state index in [4.69, 9.17) is 0 Å². The van der Waals surface area contributed by atoms with Crippen LogP contribution in [-0.4, -0.2) is 0 Å². The zero-order valence-electron chi connectivity index (χ0n) is 35.6. The van der Waals surface area contributed by atoms with Crippen molar-refractivity contribution in [3.8, 4) is 33.4 Å². The number of benzene rings is 11. The molecule has 1 aliphatic heterocycles. The molecular weight excluding hydrogens is 785 g/mol. The molecule has 0 fully saturated rings. The van der Waals surface area contributed by atoms with Crippen molar-refractivity contribution in [1.82, 2.24) is 0 Å². The maximum atomic E-state index is 2.54. The molecule has 2 aliphatic rings. The SMILES string of the molecule is c1ccc(-c2ccccc2-c2ccccc2N(c2ccc3c(c2)C2(c4ccccc4-3)c3ccccc3N(c3ccccc3)c3ccccc32)c2cc3ccccc3c3ccccc23)cc1. The Labute approximate surface area is 379 Å². The summed E-state index contributed by atoms with van der Waals surface area (Å²) in [6.07, 6.45) is 0. The molecule has 0 radical (unpaired) electrons. The Morgan fingerprint density at radius 1 is 0.308 bits per heavy atom. The Balaban J connectivity index is 1.13. The van der Waals surface area contributed by atoms with Crippen molar-refractivity contribution >= 4 is 55.7 Å². The van der Waals surface area contributed by atoms with E-state index >= 15 is 0 Å². The zero-order valence-corrected chi connectivity index (χ0v) is 35.6. The highest BCUT2D eigenvalue weighted by atomic mass is 15.2. The van der Waals surface area contributed by atoms with Gasteiger partial charge >= 0.3 is 0 Å². The van der Waals surface area contributed by atoms with Crippen molar-refractivity contribution in [3.63, 3.8) is 0 Å². The number of para-hydroxylation sites is 4. The fourth-order valence-corrected chi connectivity index (χ4v) is 11.2. The fourth-order valence-electron chi connectivity index (χ4n) is 11.2. The summed E-state index contributed by atoms with van der Waals surface area (Å²) < 4.78 is 0. The highest BCUT2D eigenvalue weighted by Gasteiger charge is 2.52. The van der Waals surface area contributed by atoms with Crippen LogP contribution in [0.2, 0.25) is 0 Å². The van der Waals surface area contributed by atoms with Crippen LogP contribution in [0.15, 0.2) is 255 Å². The molecule has 13 rings (SSSR count). The number of hydrogen-bond donors (Lipinski definition) is 0. The van der Waals surface area contributed by atoms with Gasteiger partial charge in [-0.05, 0) is 115 Å². The summed E-state index contributed by atoms with van der Waals surface area (Å²) >= 11 is 0. The first-order valence-corrected chi connectivity index (χ1v) is 22.5. The molecule has 0 unspecified atom stereocenters. The molecule has 2 nitrogen and oxygen atoms in total. The zero-order chi connectivity index (χ0) is 42.9. The van der Waals surface area contributed by atoms with Crippen molar-refractivity contribution in [2.75, 3.05) is 9.80 Å². The molecule has 1 spiro atoms. The normalized spacial score (nSPS) is 13.0. The van der Waals surface area contributed by atoms with E-state index < -0.39 is 5.41 Å². The van der Waals surface area contributed by atoms with Crippen molar-refractivity contribution in [2.24, 2.45) is 0 Å². The van der Waals surface area contributed by atoms with Crippen LogP contribution < -0.4 is 9.80 Å². The number of fused-ring (bicyclic) bond motifs is 12. The van der Waals surface area contributed by atoms with Gasteiger partial charge in [-0.2, -0.15) is 0 Å². The minimum absolute atomic E-state index is 0.600. The first kappa shape index (κ1) is 37.1. The number of rotatable bonds is 6. The molecule has 0 aromatic heterocycles. The van der Waals surface area contributed by atoms with E-state index in [-0.39, 0.29) is 0 Å². The molecule has 11 aromatic rings. The Kier molecular flexibility index (Phi) is 8.47. The summed E-state index contributed by atoms with van der Waals surface area (Å²) in [6, 6.07) is 94.1. The molecule has 1 aliphatic carbocycles. The maximum absolute atomic E-state index is 2.54. The standard InChI is InChI=1S/C63H42N2/c1-3-21-43(22-4-1)47-26-9-10-28-49(47)53-31-14-18-36-59(53)65(62-41-44-23-7-8-27-48(44)50-29-11-12-32-54(50)62)46-39-40-52-51-30-13-15-33-55(51)63(58(52)42-46)56-34-16-19-37-60(56)64(45-24-5-2-6-25-45)61-38-20-17-35-57(61)63/h1-42H. The van der Waals surface area contributed by atoms with E-state index in [0.29, 0.717) is 0 Å². The third kappa shape index (κ3) is 5.54. The quantitative estimate of drug-likeness (QED) is 0.154. The summed E-state index contributed by atoms with van der Waals surface area (Å²) in [5.41, 5.74) is 18.6. The molecule has 0 N–H and O–H groups in total. The van der Waals surface area contributed by atoms with Gasteiger partial charge in [-0.1, -0.05) is 206 Å². The van der Waals surface area contributed by atoms with Crippen LogP contribution in [0.4, 0.5) is 34.1 Å². The van der Waals surface area contributed by atoms with Gasteiger partial charge in [0.1, 0.15) is 0 Å². The van der Waals surface area contributed by atoms with E-state index in [9.17, 15) is 0 Å². The number of anilines is 6. The topological polar surface area (TPSA) is 6.48 Å². The van der Waals surface area contributed by atoms with Gasteiger partial charge in [-0.15, -0.1) is 0 Å². The Hall–Kier alpha value is -8.46. The van der Waals surface area contributed by atoms with Crippen LogP contribution in [0.3, 0.4) is 0 Å². The van der Waals surface area contributed by atoms with E-state index in [1.54, 1.807) is 0 Å². The number of hydrogen-bond acceptors (Lipinski definition) is 2. The van der Waals surface area contributed by atoms with Crippen LogP contribution in [0.1, 0.15) is 22.3 Å². The summed E-state index contributed by atoms with van der Waals surface area (Å²) in [6.45, 7) is 0. The van der Waals surface area contributed by atoms with Crippen molar-refractivity contribution < 1.29 is 0 Å². The second-order valence-corrected chi connectivity index (χ2v) is 17.2. The van der Waals surface area contributed by atoms with Crippen LogP contribution in [0, 0.1) is 0 Å². The summed E-state index contributed by atoms with van der Waals surface area (Å²) in [7, 11) is 0. The minimum Gasteiger partial charge on any atom is -0.310 e. The summed E-state index contributed by atoms with van der Waals surface area (Å²) in [5.74, 6) is 0. The molecule has 0 bridgehead atoms. The first-order chi connectivity index (χ1) is 32.3. The van der Waals surface area contributed by atoms with E-state index in [2.05, 4.69) is 265 Å². The monoisotopic (exact) mass is 826 g/mol. The lowest BCUT2D eigenvalue weighted by Crippen LogP contribution is -2.36. The predicted molar refractivity (Wildman–Crippen MR) is 273 cm³/mol. The average Bonchev–Trinajstić information content (AvgIpc) is 3.67. The molecule has 65 heavy (non-hydrogen) atoms. The molecule has 304 valence electrons. The van der Waals surface area contributed by atoms with Crippen LogP contribution in [0.25, 0.3) is 54.9 Å². The van der Waals surface area contributed by atoms with Gasteiger partial charge in [0.15, 0.2) is 0 Å². The Bertz CT molecular complexity index is 3580. The molecule has 2 heteroatoms. The Morgan fingerprint density at radius 2 is 0.831 bits per heavy atom. The van der Waals surface area contributed by atoms with Crippen molar-refractivity contribution in [1.29, 1.82) is 0 Å². The lowest BCUT2D eigenvalue weighted by molar-refractivity contribution is 0.752. The van der Waals surface area contributed by atoms with Gasteiger partial charge in [0, 0.05) is 22.3 Å². The third-order valence-corrected chi connectivity index (χ3v) is 13.8. The third-order valence-electron chi connectivity index (χ3n) is 13.8. The van der Waals surface area contributed by atoms with Gasteiger partial charge in [-0.25, -0.2) is 0 Å². The second-order valence-electron chi connectivity index (χ2n) is 17.2. The van der Waals surface area contributed by atoms with Crippen LogP contribution in [-0.2, 0) is 5.41 Å². The largest absolute Gasteiger partial charge is 0.310 e. The molecule has 0 atom stereocenters. The lowest BCUT2D eigenvalue weighted by atomic mass is 9.64. The highest BCUT2D eigenvalue weighted by Crippen LogP contribution is 2.64. The van der Waals surface area contributed by atoms with Gasteiger partial charge in [0.05, 0.1) is 28.2 Å². The minimum atomic E-state index is -0.600. The van der Waals surface area contributed by atoms with Crippen LogP contribution in [0.5, 0.6) is 0 Å². The smallest absolute Gasteiger partial charge is 0.0755 e. The molecule has 0 amide bonds. The Morgan fingerprint density at radius 3 is 1.57 bits per heavy atom. The fraction of sp³-hybridized carbons (Fsp3) is 0.0159. The lowest BCUT2D eigenvalue weighted by Gasteiger charge is -2.45. The van der Waals surface area contributed by atoms with Gasteiger partial charge in [0.2, 0.25) is 0 Å². The van der Waals surface area contributed by atoms with Gasteiger partial charge < -0.3 is 9.80 Å².